The van der Waals surface area contributed by atoms with Gasteiger partial charge in [-0.3, -0.25) is 10.1 Å². The number of benzene rings is 1. The van der Waals surface area contributed by atoms with Crippen LogP contribution in [0.1, 0.15) is 47.0 Å². The summed E-state index contributed by atoms with van der Waals surface area (Å²) < 4.78 is 0. The summed E-state index contributed by atoms with van der Waals surface area (Å²) in [6.45, 7) is 9.09. The van der Waals surface area contributed by atoms with E-state index in [4.69, 9.17) is 0 Å². The molecule has 1 aromatic rings. The first kappa shape index (κ1) is 17.3. The summed E-state index contributed by atoms with van der Waals surface area (Å²) in [6, 6.07) is 5.59. The second-order valence-electron chi connectivity index (χ2n) is 5.86. The minimum atomic E-state index is -0.318. The highest BCUT2D eigenvalue weighted by Gasteiger charge is 2.20. The van der Waals surface area contributed by atoms with Gasteiger partial charge in [-0.15, -0.1) is 0 Å². The standard InChI is InChI=1S/C16H27N3O2/c1-5-17-14-10-7-11-15(16(14)19(20)21)18-13(4)9-6-8-12(2)3/h7,10-13,17-18H,5-6,8-9H2,1-4H3. The Balaban J connectivity index is 2.77. The number of nitro groups is 1. The monoisotopic (exact) mass is 293 g/mol. The van der Waals surface area contributed by atoms with Gasteiger partial charge in [-0.2, -0.15) is 0 Å². The van der Waals surface area contributed by atoms with Gasteiger partial charge in [0, 0.05) is 12.6 Å². The fourth-order valence-corrected chi connectivity index (χ4v) is 2.36. The Bertz CT molecular complexity index is 461. The molecule has 0 aliphatic carbocycles. The zero-order valence-electron chi connectivity index (χ0n) is 13.5. The van der Waals surface area contributed by atoms with Crippen LogP contribution in [-0.4, -0.2) is 17.5 Å². The highest BCUT2D eigenvalue weighted by molar-refractivity contribution is 5.76. The Labute approximate surface area is 127 Å². The smallest absolute Gasteiger partial charge is 0.315 e. The topological polar surface area (TPSA) is 67.2 Å². The Hall–Kier alpha value is -1.78. The molecule has 0 aliphatic rings. The van der Waals surface area contributed by atoms with E-state index < -0.39 is 0 Å². The molecule has 0 aromatic heterocycles. The maximum Gasteiger partial charge on any atom is 0.315 e. The highest BCUT2D eigenvalue weighted by atomic mass is 16.6. The number of rotatable bonds is 9. The predicted octanol–water partition coefficient (Wildman–Crippen LogP) is 4.65. The Morgan fingerprint density at radius 3 is 2.43 bits per heavy atom. The fourth-order valence-electron chi connectivity index (χ4n) is 2.36. The van der Waals surface area contributed by atoms with Crippen LogP contribution in [0.3, 0.4) is 0 Å². The number of hydrogen-bond donors (Lipinski definition) is 2. The van der Waals surface area contributed by atoms with Crippen LogP contribution in [0.25, 0.3) is 0 Å². The lowest BCUT2D eigenvalue weighted by Crippen LogP contribution is -2.16. The molecule has 118 valence electrons. The lowest BCUT2D eigenvalue weighted by atomic mass is 10.0. The Kier molecular flexibility index (Phi) is 6.99. The van der Waals surface area contributed by atoms with Crippen LogP contribution in [-0.2, 0) is 0 Å². The third-order valence-corrected chi connectivity index (χ3v) is 3.41. The van der Waals surface area contributed by atoms with Crippen LogP contribution in [0, 0.1) is 16.0 Å². The molecule has 0 saturated carbocycles. The van der Waals surface area contributed by atoms with Crippen molar-refractivity contribution in [3.63, 3.8) is 0 Å². The van der Waals surface area contributed by atoms with Gasteiger partial charge in [0.25, 0.3) is 0 Å². The molecule has 0 aliphatic heterocycles. The maximum absolute atomic E-state index is 11.3. The summed E-state index contributed by atoms with van der Waals surface area (Å²) in [4.78, 5) is 11.0. The van der Waals surface area contributed by atoms with E-state index in [1.807, 2.05) is 13.0 Å². The molecule has 1 atom stereocenters. The molecule has 0 amide bonds. The summed E-state index contributed by atoms with van der Waals surface area (Å²) >= 11 is 0. The van der Waals surface area contributed by atoms with Gasteiger partial charge < -0.3 is 10.6 Å². The average Bonchev–Trinajstić information content (AvgIpc) is 2.38. The number of hydrogen-bond acceptors (Lipinski definition) is 4. The van der Waals surface area contributed by atoms with E-state index in [-0.39, 0.29) is 16.7 Å². The second kappa shape index (κ2) is 8.49. The molecule has 1 unspecified atom stereocenters. The molecule has 0 spiro atoms. The molecule has 21 heavy (non-hydrogen) atoms. The van der Waals surface area contributed by atoms with Crippen molar-refractivity contribution < 1.29 is 4.92 Å². The molecule has 5 nitrogen and oxygen atoms in total. The van der Waals surface area contributed by atoms with Crippen molar-refractivity contribution in [1.29, 1.82) is 0 Å². The third-order valence-electron chi connectivity index (χ3n) is 3.41. The first-order chi connectivity index (χ1) is 9.95. The quantitative estimate of drug-likeness (QED) is 0.513. The molecule has 2 N–H and O–H groups in total. The van der Waals surface area contributed by atoms with Crippen LogP contribution < -0.4 is 10.6 Å². The van der Waals surface area contributed by atoms with Gasteiger partial charge in [-0.1, -0.05) is 32.8 Å². The summed E-state index contributed by atoms with van der Waals surface area (Å²) in [5.41, 5.74) is 1.30. The SMILES string of the molecule is CCNc1cccc(NC(C)CCCC(C)C)c1[N+](=O)[O-]. The molecule has 0 fully saturated rings. The average molecular weight is 293 g/mol. The van der Waals surface area contributed by atoms with Crippen LogP contribution in [0.2, 0.25) is 0 Å². The van der Waals surface area contributed by atoms with Crippen molar-refractivity contribution in [3.8, 4) is 0 Å². The lowest BCUT2D eigenvalue weighted by molar-refractivity contribution is -0.383. The van der Waals surface area contributed by atoms with E-state index in [1.165, 1.54) is 6.42 Å². The van der Waals surface area contributed by atoms with Gasteiger partial charge in [0.15, 0.2) is 0 Å². The highest BCUT2D eigenvalue weighted by Crippen LogP contribution is 2.33. The van der Waals surface area contributed by atoms with Crippen LogP contribution in [0.5, 0.6) is 0 Å². The minimum absolute atomic E-state index is 0.134. The molecule has 0 radical (unpaired) electrons. The first-order valence-electron chi connectivity index (χ1n) is 7.73. The normalized spacial score (nSPS) is 12.2. The maximum atomic E-state index is 11.3. The van der Waals surface area contributed by atoms with Crippen LogP contribution in [0.15, 0.2) is 18.2 Å². The van der Waals surface area contributed by atoms with Crippen molar-refractivity contribution in [1.82, 2.24) is 0 Å². The molecular formula is C16H27N3O2. The Morgan fingerprint density at radius 2 is 1.86 bits per heavy atom. The van der Waals surface area contributed by atoms with Gasteiger partial charge in [0.05, 0.1) is 4.92 Å². The van der Waals surface area contributed by atoms with Gasteiger partial charge in [-0.25, -0.2) is 0 Å². The minimum Gasteiger partial charge on any atom is -0.380 e. The summed E-state index contributed by atoms with van der Waals surface area (Å²) in [6.07, 6.45) is 3.33. The van der Waals surface area contributed by atoms with Crippen molar-refractivity contribution in [2.75, 3.05) is 17.2 Å². The summed E-state index contributed by atoms with van der Waals surface area (Å²) in [5, 5.41) is 17.7. The van der Waals surface area contributed by atoms with Crippen LogP contribution >= 0.6 is 0 Å². The van der Waals surface area contributed by atoms with Crippen molar-refractivity contribution in [2.24, 2.45) is 5.92 Å². The van der Waals surface area contributed by atoms with Crippen molar-refractivity contribution in [2.45, 2.75) is 53.0 Å². The van der Waals surface area contributed by atoms with Gasteiger partial charge >= 0.3 is 5.69 Å². The number of para-hydroxylation sites is 1. The van der Waals surface area contributed by atoms with Gasteiger partial charge in [-0.05, 0) is 38.3 Å². The lowest BCUT2D eigenvalue weighted by Gasteiger charge is -2.17. The number of anilines is 2. The molecule has 0 heterocycles. The summed E-state index contributed by atoms with van der Waals surface area (Å²) in [7, 11) is 0. The predicted molar refractivity (Wildman–Crippen MR) is 89.0 cm³/mol. The van der Waals surface area contributed by atoms with Crippen LogP contribution in [0.4, 0.5) is 17.1 Å². The van der Waals surface area contributed by atoms with Gasteiger partial charge in [0.1, 0.15) is 11.4 Å². The molecule has 1 aromatic carbocycles. The molecular weight excluding hydrogens is 266 g/mol. The molecule has 5 heteroatoms. The third kappa shape index (κ3) is 5.61. The van der Waals surface area contributed by atoms with Crippen molar-refractivity contribution in [3.05, 3.63) is 28.3 Å². The zero-order chi connectivity index (χ0) is 15.8. The fraction of sp³-hybridized carbons (Fsp3) is 0.625. The number of nitrogens with one attached hydrogen (secondary N) is 2. The Morgan fingerprint density at radius 1 is 1.19 bits per heavy atom. The zero-order valence-corrected chi connectivity index (χ0v) is 13.5. The summed E-state index contributed by atoms with van der Waals surface area (Å²) in [5.74, 6) is 0.698. The van der Waals surface area contributed by atoms with E-state index in [0.717, 1.165) is 12.8 Å². The van der Waals surface area contributed by atoms with Gasteiger partial charge in [0.2, 0.25) is 0 Å². The van der Waals surface area contributed by atoms with Crippen molar-refractivity contribution >= 4 is 17.1 Å². The van der Waals surface area contributed by atoms with E-state index in [0.29, 0.717) is 23.8 Å². The molecule has 0 bridgehead atoms. The largest absolute Gasteiger partial charge is 0.380 e. The molecule has 1 rings (SSSR count). The first-order valence-corrected chi connectivity index (χ1v) is 7.73. The van der Waals surface area contributed by atoms with E-state index in [2.05, 4.69) is 31.4 Å². The second-order valence-corrected chi connectivity index (χ2v) is 5.86. The molecule has 0 saturated heterocycles. The number of nitrogens with zero attached hydrogens (tertiary/aromatic N) is 1. The van der Waals surface area contributed by atoms with E-state index in [1.54, 1.807) is 12.1 Å². The number of nitro benzene ring substituents is 1. The van der Waals surface area contributed by atoms with E-state index in [9.17, 15) is 10.1 Å². The van der Waals surface area contributed by atoms with E-state index >= 15 is 0 Å².